The Bertz CT molecular complexity index is 904. The van der Waals surface area contributed by atoms with Crippen LogP contribution in [0, 0.1) is 5.92 Å². The molecule has 0 aliphatic heterocycles. The smallest absolute Gasteiger partial charge is 0.251 e. The molecule has 0 spiro atoms. The third-order valence-corrected chi connectivity index (χ3v) is 7.29. The van der Waals surface area contributed by atoms with Gasteiger partial charge in [0.15, 0.2) is 0 Å². The van der Waals surface area contributed by atoms with Gasteiger partial charge in [0.2, 0.25) is 10.0 Å². The summed E-state index contributed by atoms with van der Waals surface area (Å²) in [6, 6.07) is 16.5. The number of nitrogens with zero attached hydrogens (tertiary/aromatic N) is 1. The molecule has 6 heteroatoms. The largest absolute Gasteiger partial charge is 0.349 e. The van der Waals surface area contributed by atoms with Crippen molar-refractivity contribution in [3.8, 4) is 0 Å². The van der Waals surface area contributed by atoms with Crippen molar-refractivity contribution >= 4 is 15.9 Å². The molecular formula is C22H28N2O3S. The highest BCUT2D eigenvalue weighted by atomic mass is 32.2. The monoisotopic (exact) mass is 400 g/mol. The van der Waals surface area contributed by atoms with Gasteiger partial charge in [0.25, 0.3) is 5.91 Å². The molecule has 28 heavy (non-hydrogen) atoms. The highest BCUT2D eigenvalue weighted by molar-refractivity contribution is 7.89. The van der Waals surface area contributed by atoms with E-state index in [2.05, 4.69) is 17.4 Å². The molecule has 1 N–H and O–H groups in total. The Kier molecular flexibility index (Phi) is 6.52. The van der Waals surface area contributed by atoms with E-state index in [0.717, 1.165) is 19.3 Å². The zero-order valence-electron chi connectivity index (χ0n) is 16.5. The lowest BCUT2D eigenvalue weighted by atomic mass is 10.0. The fraction of sp³-hybridized carbons (Fsp3) is 0.409. The molecular weight excluding hydrogens is 372 g/mol. The van der Waals surface area contributed by atoms with Crippen molar-refractivity contribution in [2.45, 2.75) is 44.0 Å². The van der Waals surface area contributed by atoms with Crippen molar-refractivity contribution < 1.29 is 13.2 Å². The summed E-state index contributed by atoms with van der Waals surface area (Å²) in [6.07, 6.45) is 3.02. The molecule has 1 atom stereocenters. The summed E-state index contributed by atoms with van der Waals surface area (Å²) in [7, 11) is -3.58. The van der Waals surface area contributed by atoms with E-state index in [1.54, 1.807) is 32.0 Å². The number of benzene rings is 2. The molecule has 1 fully saturated rings. The molecule has 1 unspecified atom stereocenters. The quantitative estimate of drug-likeness (QED) is 0.701. The lowest BCUT2D eigenvalue weighted by Gasteiger charge is -2.20. The summed E-state index contributed by atoms with van der Waals surface area (Å²) >= 11 is 0. The Hall–Kier alpha value is -2.18. The molecule has 2 aromatic rings. The van der Waals surface area contributed by atoms with Crippen LogP contribution in [-0.2, 0) is 16.4 Å². The Labute approximate surface area is 167 Å². The number of carbonyl (C=O) groups excluding carboxylic acids is 1. The average molecular weight is 401 g/mol. The first-order valence-electron chi connectivity index (χ1n) is 9.90. The van der Waals surface area contributed by atoms with Gasteiger partial charge >= 0.3 is 0 Å². The minimum absolute atomic E-state index is 0.0675. The number of nitrogens with one attached hydrogen (secondary N) is 1. The van der Waals surface area contributed by atoms with Crippen molar-refractivity contribution in [3.63, 3.8) is 0 Å². The molecule has 0 saturated heterocycles. The number of rotatable bonds is 9. The summed E-state index contributed by atoms with van der Waals surface area (Å²) in [5.74, 6) is 0.274. The standard InChI is InChI=1S/C22H28N2O3S/c1-3-24(4-2)28(26,27)20-12-8-11-19(16-20)22(25)23-21(18-13-14-18)15-17-9-6-5-7-10-17/h5-12,16,18,21H,3-4,13-15H2,1-2H3,(H,23,25). The SMILES string of the molecule is CCN(CC)S(=O)(=O)c1cccc(C(=O)NC(Cc2ccccc2)C2CC2)c1. The predicted octanol–water partition coefficient (Wildman–Crippen LogP) is 3.47. The van der Waals surface area contributed by atoms with E-state index in [4.69, 9.17) is 0 Å². The molecule has 1 amide bonds. The van der Waals surface area contributed by atoms with Crippen LogP contribution in [0.4, 0.5) is 0 Å². The van der Waals surface area contributed by atoms with Crippen LogP contribution in [0.1, 0.15) is 42.6 Å². The Morgan fingerprint density at radius 2 is 1.75 bits per heavy atom. The maximum atomic E-state index is 12.8. The lowest BCUT2D eigenvalue weighted by molar-refractivity contribution is 0.0931. The van der Waals surface area contributed by atoms with Crippen LogP contribution in [0.3, 0.4) is 0 Å². The fourth-order valence-electron chi connectivity index (χ4n) is 3.46. The zero-order valence-corrected chi connectivity index (χ0v) is 17.3. The molecule has 0 heterocycles. The van der Waals surface area contributed by atoms with Crippen LogP contribution >= 0.6 is 0 Å². The van der Waals surface area contributed by atoms with E-state index < -0.39 is 10.0 Å². The van der Waals surface area contributed by atoms with E-state index in [1.165, 1.54) is 15.9 Å². The van der Waals surface area contributed by atoms with Crippen LogP contribution in [0.2, 0.25) is 0 Å². The van der Waals surface area contributed by atoms with Crippen molar-refractivity contribution in [1.29, 1.82) is 0 Å². The van der Waals surface area contributed by atoms with E-state index in [1.807, 2.05) is 18.2 Å². The van der Waals surface area contributed by atoms with E-state index in [9.17, 15) is 13.2 Å². The van der Waals surface area contributed by atoms with Crippen LogP contribution < -0.4 is 5.32 Å². The number of hydrogen-bond donors (Lipinski definition) is 1. The minimum Gasteiger partial charge on any atom is -0.349 e. The number of hydrogen-bond acceptors (Lipinski definition) is 3. The van der Waals surface area contributed by atoms with E-state index >= 15 is 0 Å². The molecule has 1 aliphatic rings. The first kappa shape index (κ1) is 20.6. The van der Waals surface area contributed by atoms with Crippen LogP contribution in [0.15, 0.2) is 59.5 Å². The molecule has 0 bridgehead atoms. The van der Waals surface area contributed by atoms with Gasteiger partial charge in [-0.2, -0.15) is 4.31 Å². The molecule has 0 radical (unpaired) electrons. The zero-order chi connectivity index (χ0) is 20.1. The van der Waals surface area contributed by atoms with Gasteiger partial charge in [-0.1, -0.05) is 50.2 Å². The summed E-state index contributed by atoms with van der Waals surface area (Å²) in [5.41, 5.74) is 1.57. The van der Waals surface area contributed by atoms with Gasteiger partial charge in [0.1, 0.15) is 0 Å². The molecule has 5 nitrogen and oxygen atoms in total. The van der Waals surface area contributed by atoms with Gasteiger partial charge in [-0.15, -0.1) is 0 Å². The summed E-state index contributed by atoms with van der Waals surface area (Å²) in [6.45, 7) is 4.41. The van der Waals surface area contributed by atoms with Gasteiger partial charge in [0.05, 0.1) is 4.90 Å². The van der Waals surface area contributed by atoms with Crippen LogP contribution in [0.5, 0.6) is 0 Å². The van der Waals surface area contributed by atoms with Crippen molar-refractivity contribution in [2.24, 2.45) is 5.92 Å². The maximum Gasteiger partial charge on any atom is 0.251 e. The van der Waals surface area contributed by atoms with Gasteiger partial charge in [-0.05, 0) is 48.9 Å². The first-order chi connectivity index (χ1) is 13.5. The molecule has 1 aliphatic carbocycles. The second kappa shape index (κ2) is 8.88. The van der Waals surface area contributed by atoms with Gasteiger partial charge in [0, 0.05) is 24.7 Å². The van der Waals surface area contributed by atoms with Crippen LogP contribution in [-0.4, -0.2) is 37.8 Å². The third-order valence-electron chi connectivity index (χ3n) is 5.25. The number of carbonyl (C=O) groups is 1. The Morgan fingerprint density at radius 1 is 1.07 bits per heavy atom. The first-order valence-corrected chi connectivity index (χ1v) is 11.3. The molecule has 1 saturated carbocycles. The molecule has 3 rings (SSSR count). The second-order valence-electron chi connectivity index (χ2n) is 7.22. The molecule has 0 aromatic heterocycles. The van der Waals surface area contributed by atoms with E-state index in [-0.39, 0.29) is 16.8 Å². The van der Waals surface area contributed by atoms with Gasteiger partial charge in [-0.3, -0.25) is 4.79 Å². The minimum atomic E-state index is -3.58. The third kappa shape index (κ3) is 4.80. The second-order valence-corrected chi connectivity index (χ2v) is 9.16. The average Bonchev–Trinajstić information content (AvgIpc) is 3.54. The topological polar surface area (TPSA) is 66.5 Å². The highest BCUT2D eigenvalue weighted by Gasteiger charge is 2.32. The Balaban J connectivity index is 1.77. The highest BCUT2D eigenvalue weighted by Crippen LogP contribution is 2.34. The predicted molar refractivity (Wildman–Crippen MR) is 111 cm³/mol. The van der Waals surface area contributed by atoms with Gasteiger partial charge in [-0.25, -0.2) is 8.42 Å². The van der Waals surface area contributed by atoms with Crippen LogP contribution in [0.25, 0.3) is 0 Å². The maximum absolute atomic E-state index is 12.8. The van der Waals surface area contributed by atoms with Gasteiger partial charge < -0.3 is 5.32 Å². The summed E-state index contributed by atoms with van der Waals surface area (Å²) in [4.78, 5) is 13.0. The van der Waals surface area contributed by atoms with Crippen molar-refractivity contribution in [3.05, 3.63) is 65.7 Å². The lowest BCUT2D eigenvalue weighted by Crippen LogP contribution is -2.38. The summed E-state index contributed by atoms with van der Waals surface area (Å²) in [5, 5.41) is 3.13. The van der Waals surface area contributed by atoms with Crippen molar-refractivity contribution in [1.82, 2.24) is 9.62 Å². The molecule has 150 valence electrons. The number of sulfonamides is 1. The Morgan fingerprint density at radius 3 is 2.36 bits per heavy atom. The molecule has 2 aromatic carbocycles. The number of amides is 1. The van der Waals surface area contributed by atoms with E-state index in [0.29, 0.717) is 24.6 Å². The normalized spacial score (nSPS) is 15.4. The van der Waals surface area contributed by atoms with Crippen molar-refractivity contribution in [2.75, 3.05) is 13.1 Å². The fourth-order valence-corrected chi connectivity index (χ4v) is 4.97. The summed E-state index contributed by atoms with van der Waals surface area (Å²) < 4.78 is 26.9.